The first-order valence-corrected chi connectivity index (χ1v) is 6.59. The molecule has 0 aliphatic heterocycles. The first-order chi connectivity index (χ1) is 9.74. The van der Waals surface area contributed by atoms with Crippen molar-refractivity contribution in [3.05, 3.63) is 65.7 Å². The van der Waals surface area contributed by atoms with Crippen molar-refractivity contribution >= 4 is 0 Å². The summed E-state index contributed by atoms with van der Waals surface area (Å²) in [6.07, 6.45) is 0. The highest BCUT2D eigenvalue weighted by molar-refractivity contribution is 5.32. The van der Waals surface area contributed by atoms with E-state index in [1.807, 2.05) is 42.5 Å². The molecule has 102 valence electrons. The van der Waals surface area contributed by atoms with Gasteiger partial charge >= 0.3 is 0 Å². The summed E-state index contributed by atoms with van der Waals surface area (Å²) < 4.78 is 5.13. The Balaban J connectivity index is 2.11. The summed E-state index contributed by atoms with van der Waals surface area (Å²) in [5.74, 6) is 0.793. The van der Waals surface area contributed by atoms with Crippen molar-refractivity contribution in [2.45, 2.75) is 19.0 Å². The number of methoxy groups -OCH3 is 1. The van der Waals surface area contributed by atoms with Crippen LogP contribution < -0.4 is 10.1 Å². The van der Waals surface area contributed by atoms with Gasteiger partial charge in [0.1, 0.15) is 11.8 Å². The van der Waals surface area contributed by atoms with Gasteiger partial charge in [-0.15, -0.1) is 0 Å². The Kier molecular flexibility index (Phi) is 4.75. The van der Waals surface area contributed by atoms with Crippen LogP contribution >= 0.6 is 0 Å². The SMILES string of the molecule is COc1ccc([C@@H](C#N)N[C@@H](C)c2ccccc2)cc1. The van der Waals surface area contributed by atoms with Crippen molar-refractivity contribution < 1.29 is 4.74 Å². The zero-order valence-corrected chi connectivity index (χ0v) is 11.7. The number of nitriles is 1. The maximum atomic E-state index is 9.36. The fraction of sp³-hybridized carbons (Fsp3) is 0.235. The molecule has 0 radical (unpaired) electrons. The van der Waals surface area contributed by atoms with E-state index in [1.54, 1.807) is 7.11 Å². The third kappa shape index (κ3) is 3.37. The standard InChI is InChI=1S/C17H18N2O/c1-13(14-6-4-3-5-7-14)19-17(12-18)15-8-10-16(20-2)11-9-15/h3-11,13,17,19H,1-2H3/t13-,17+/m0/s1. The van der Waals surface area contributed by atoms with E-state index in [-0.39, 0.29) is 12.1 Å². The van der Waals surface area contributed by atoms with Crippen molar-refractivity contribution in [2.24, 2.45) is 0 Å². The lowest BCUT2D eigenvalue weighted by molar-refractivity contribution is 0.414. The van der Waals surface area contributed by atoms with Crippen molar-refractivity contribution in [2.75, 3.05) is 7.11 Å². The molecule has 0 aliphatic rings. The number of hydrogen-bond acceptors (Lipinski definition) is 3. The van der Waals surface area contributed by atoms with Gasteiger partial charge in [-0.1, -0.05) is 42.5 Å². The summed E-state index contributed by atoms with van der Waals surface area (Å²) in [6.45, 7) is 2.06. The molecule has 0 saturated heterocycles. The second-order valence-electron chi connectivity index (χ2n) is 4.63. The molecule has 3 nitrogen and oxygen atoms in total. The zero-order chi connectivity index (χ0) is 14.4. The molecule has 0 bridgehead atoms. The molecule has 2 aromatic rings. The molecule has 2 atom stereocenters. The summed E-state index contributed by atoms with van der Waals surface area (Å²) in [6, 6.07) is 19.8. The van der Waals surface area contributed by atoms with E-state index in [4.69, 9.17) is 4.74 Å². The summed E-state index contributed by atoms with van der Waals surface area (Å²) in [5.41, 5.74) is 2.11. The third-order valence-electron chi connectivity index (χ3n) is 3.29. The molecule has 0 unspecified atom stereocenters. The molecule has 0 amide bonds. The molecule has 0 aliphatic carbocycles. The van der Waals surface area contributed by atoms with Crippen LogP contribution in [0.5, 0.6) is 5.75 Å². The Bertz CT molecular complexity index is 572. The van der Waals surface area contributed by atoms with Crippen molar-refractivity contribution in [1.82, 2.24) is 5.32 Å². The third-order valence-corrected chi connectivity index (χ3v) is 3.29. The van der Waals surface area contributed by atoms with Gasteiger partial charge in [0.05, 0.1) is 13.2 Å². The highest BCUT2D eigenvalue weighted by atomic mass is 16.5. The van der Waals surface area contributed by atoms with Gasteiger partial charge in [-0.2, -0.15) is 5.26 Å². The second-order valence-corrected chi connectivity index (χ2v) is 4.63. The predicted molar refractivity (Wildman–Crippen MR) is 79.3 cm³/mol. The van der Waals surface area contributed by atoms with E-state index in [2.05, 4.69) is 30.4 Å². The topological polar surface area (TPSA) is 45.0 Å². The van der Waals surface area contributed by atoms with E-state index in [0.717, 1.165) is 11.3 Å². The van der Waals surface area contributed by atoms with Crippen molar-refractivity contribution in [3.63, 3.8) is 0 Å². The van der Waals surface area contributed by atoms with E-state index in [1.165, 1.54) is 5.56 Å². The van der Waals surface area contributed by atoms with Gasteiger partial charge < -0.3 is 4.74 Å². The number of nitrogens with one attached hydrogen (secondary N) is 1. The van der Waals surface area contributed by atoms with Gasteiger partial charge in [0.25, 0.3) is 0 Å². The summed E-state index contributed by atoms with van der Waals surface area (Å²) in [4.78, 5) is 0. The molecular weight excluding hydrogens is 248 g/mol. The Hall–Kier alpha value is -2.31. The minimum absolute atomic E-state index is 0.114. The Labute approximate surface area is 119 Å². The second kappa shape index (κ2) is 6.74. The fourth-order valence-electron chi connectivity index (χ4n) is 2.09. The molecule has 0 heterocycles. The lowest BCUT2D eigenvalue weighted by Gasteiger charge is -2.19. The number of benzene rings is 2. The summed E-state index contributed by atoms with van der Waals surface area (Å²) in [7, 11) is 1.63. The van der Waals surface area contributed by atoms with E-state index >= 15 is 0 Å². The van der Waals surface area contributed by atoms with Crippen LogP contribution in [0.1, 0.15) is 30.1 Å². The average molecular weight is 266 g/mol. The highest BCUT2D eigenvalue weighted by Crippen LogP contribution is 2.21. The smallest absolute Gasteiger partial charge is 0.121 e. The van der Waals surface area contributed by atoms with Gasteiger partial charge in [-0.05, 0) is 30.2 Å². The molecule has 0 spiro atoms. The molecule has 1 N–H and O–H groups in total. The first kappa shape index (κ1) is 14.1. The molecule has 0 aromatic heterocycles. The Morgan fingerprint density at radius 1 is 1.00 bits per heavy atom. The van der Waals surface area contributed by atoms with Crippen LogP contribution in [0.3, 0.4) is 0 Å². The molecule has 2 aromatic carbocycles. The minimum Gasteiger partial charge on any atom is -0.497 e. The van der Waals surface area contributed by atoms with E-state index < -0.39 is 0 Å². The van der Waals surface area contributed by atoms with Crippen LogP contribution in [0.25, 0.3) is 0 Å². The molecule has 0 saturated carbocycles. The fourth-order valence-corrected chi connectivity index (χ4v) is 2.09. The lowest BCUT2D eigenvalue weighted by atomic mass is 10.0. The number of nitrogens with zero attached hydrogens (tertiary/aromatic N) is 1. The number of rotatable bonds is 5. The molecular formula is C17H18N2O. The summed E-state index contributed by atoms with van der Waals surface area (Å²) >= 11 is 0. The van der Waals surface area contributed by atoms with Crippen LogP contribution in [0, 0.1) is 11.3 Å². The van der Waals surface area contributed by atoms with Crippen LogP contribution in [0.15, 0.2) is 54.6 Å². The molecule has 0 fully saturated rings. The van der Waals surface area contributed by atoms with Crippen LogP contribution in [-0.2, 0) is 0 Å². The molecule has 3 heteroatoms. The van der Waals surface area contributed by atoms with Gasteiger partial charge in [-0.3, -0.25) is 5.32 Å². The minimum atomic E-state index is -0.337. The summed E-state index contributed by atoms with van der Waals surface area (Å²) in [5, 5.41) is 12.7. The van der Waals surface area contributed by atoms with Gasteiger partial charge in [0.2, 0.25) is 0 Å². The largest absolute Gasteiger partial charge is 0.497 e. The lowest BCUT2D eigenvalue weighted by Crippen LogP contribution is -2.23. The van der Waals surface area contributed by atoms with Crippen molar-refractivity contribution in [3.8, 4) is 11.8 Å². The maximum absolute atomic E-state index is 9.36. The monoisotopic (exact) mass is 266 g/mol. The van der Waals surface area contributed by atoms with Gasteiger partial charge in [0, 0.05) is 6.04 Å². The molecule has 2 rings (SSSR count). The van der Waals surface area contributed by atoms with Crippen LogP contribution in [-0.4, -0.2) is 7.11 Å². The van der Waals surface area contributed by atoms with Crippen LogP contribution in [0.2, 0.25) is 0 Å². The first-order valence-electron chi connectivity index (χ1n) is 6.59. The highest BCUT2D eigenvalue weighted by Gasteiger charge is 2.14. The van der Waals surface area contributed by atoms with E-state index in [9.17, 15) is 5.26 Å². The Morgan fingerprint density at radius 2 is 1.65 bits per heavy atom. The number of hydrogen-bond donors (Lipinski definition) is 1. The van der Waals surface area contributed by atoms with Crippen LogP contribution in [0.4, 0.5) is 0 Å². The van der Waals surface area contributed by atoms with E-state index in [0.29, 0.717) is 0 Å². The van der Waals surface area contributed by atoms with Gasteiger partial charge in [-0.25, -0.2) is 0 Å². The predicted octanol–water partition coefficient (Wildman–Crippen LogP) is 3.61. The normalized spacial score (nSPS) is 13.2. The number of ether oxygens (including phenoxy) is 1. The van der Waals surface area contributed by atoms with Gasteiger partial charge in [0.15, 0.2) is 0 Å². The zero-order valence-electron chi connectivity index (χ0n) is 11.7. The quantitative estimate of drug-likeness (QED) is 0.899. The van der Waals surface area contributed by atoms with Crippen molar-refractivity contribution in [1.29, 1.82) is 5.26 Å². The average Bonchev–Trinajstić information content (AvgIpc) is 2.53. The molecule has 20 heavy (non-hydrogen) atoms. The maximum Gasteiger partial charge on any atom is 0.121 e. The Morgan fingerprint density at radius 3 is 2.20 bits per heavy atom.